The van der Waals surface area contributed by atoms with Crippen molar-refractivity contribution < 1.29 is 245 Å². The van der Waals surface area contributed by atoms with Crippen molar-refractivity contribution in [3.8, 4) is 0 Å². The molecule has 0 spiro atoms. The molecule has 1 aliphatic heterocycles. The maximum absolute atomic E-state index is 9.16. The number of nitrogens with one attached hydrogen (secondary N) is 1. The number of ether oxygens (including phenoxy) is 1. The summed E-state index contributed by atoms with van der Waals surface area (Å²) in [5.74, 6) is 0. The fourth-order valence-corrected chi connectivity index (χ4v) is 1.10. The molecule has 1 fully saturated rings. The molecule has 0 aliphatic carbocycles. The molecule has 1 rings (SSSR count). The summed E-state index contributed by atoms with van der Waals surface area (Å²) in [6.45, 7) is -0.498. The van der Waals surface area contributed by atoms with Gasteiger partial charge >= 0.3 is 0 Å². The normalized spacial score (nSPS) is 34.8. The van der Waals surface area contributed by atoms with E-state index in [1.807, 2.05) is 0 Å². The summed E-state index contributed by atoms with van der Waals surface area (Å²) < 4.78 is 4.64. The molecule has 5 unspecified atom stereocenters. The van der Waals surface area contributed by atoms with Crippen molar-refractivity contribution in [3.05, 3.63) is 5.73 Å². The Bertz CT molecular complexity index is 165. The van der Waals surface area contributed by atoms with E-state index in [1.54, 1.807) is 0 Å². The second-order valence-corrected chi connectivity index (χ2v) is 2.75. The Morgan fingerprint density at radius 2 is 1.29 bits per heavy atom. The van der Waals surface area contributed by atoms with Crippen LogP contribution in [-0.2, 0) is 4.74 Å². The molecule has 87 valence electrons. The van der Waals surface area contributed by atoms with Gasteiger partial charge in [0.15, 0.2) is 0 Å². The van der Waals surface area contributed by atoms with Crippen LogP contribution in [0.25, 0.3) is 5.73 Å². The number of hydrogen-bond donors (Lipinski definition) is 4. The average Bonchev–Trinajstić information content (AvgIpc) is 2.08. The van der Waals surface area contributed by atoms with Gasteiger partial charge in [0.1, 0.15) is 18.5 Å². The first kappa shape index (κ1) is 35.1. The summed E-state index contributed by atoms with van der Waals surface area (Å²) in [6, 6.07) is -1.29. The summed E-state index contributed by atoms with van der Waals surface area (Å²) in [5.41, 5.74) is 7.11. The Balaban J connectivity index is -0.0000000960. The minimum absolute atomic E-state index is 0. The van der Waals surface area contributed by atoms with Gasteiger partial charge < -0.3 is 30.9 Å². The third-order valence-electron chi connectivity index (χ3n) is 1.90. The van der Waals surface area contributed by atoms with E-state index in [9.17, 15) is 0 Å². The Morgan fingerprint density at radius 1 is 0.882 bits per heavy atom. The Labute approximate surface area is 279 Å². The van der Waals surface area contributed by atoms with Crippen molar-refractivity contribution in [2.45, 2.75) is 30.6 Å². The molecular weight excluding hydrogens is 1300 g/mol. The van der Waals surface area contributed by atoms with Crippen LogP contribution < -0.4 is 0 Å². The van der Waals surface area contributed by atoms with E-state index in [2.05, 4.69) is 4.74 Å². The van der Waals surface area contributed by atoms with E-state index >= 15 is 0 Å². The van der Waals surface area contributed by atoms with Crippen molar-refractivity contribution in [1.82, 2.24) is 0 Å². The molecular formula is C6H12Ac5NO5-. The molecule has 6 nitrogen and oxygen atoms in total. The zero-order chi connectivity index (χ0) is 9.30. The molecule has 0 aromatic heterocycles. The molecule has 0 aromatic rings. The first-order valence-electron chi connectivity index (χ1n) is 3.59. The van der Waals surface area contributed by atoms with Gasteiger partial charge in [-0.15, -0.1) is 0 Å². The SMILES string of the molecule is [Ac].[Ac].[Ac].[Ac].[Ac].[NH-]C1C(O)OC(CO)C(O)C1O. The molecule has 0 bridgehead atoms. The molecule has 0 aromatic carbocycles. The molecule has 17 heavy (non-hydrogen) atoms. The monoisotopic (exact) mass is 1310 g/mol. The summed E-state index contributed by atoms with van der Waals surface area (Å²) in [7, 11) is 0. The summed E-state index contributed by atoms with van der Waals surface area (Å²) in [6.07, 6.45) is -5.18. The molecule has 1 aliphatic rings. The van der Waals surface area contributed by atoms with E-state index in [4.69, 9.17) is 26.2 Å². The first-order chi connectivity index (χ1) is 5.57. The predicted molar refractivity (Wildman–Crippen MR) is 38.1 cm³/mol. The zero-order valence-electron chi connectivity index (χ0n) is 9.18. The van der Waals surface area contributed by atoms with Crippen LogP contribution in [-0.4, -0.2) is 57.7 Å². The maximum atomic E-state index is 9.16. The van der Waals surface area contributed by atoms with Crippen molar-refractivity contribution in [3.63, 3.8) is 0 Å². The average molecular weight is 1310 g/mol. The molecule has 1 saturated heterocycles. The number of rotatable bonds is 1. The van der Waals surface area contributed by atoms with Crippen LogP contribution in [0.15, 0.2) is 0 Å². The summed E-state index contributed by atoms with van der Waals surface area (Å²) in [4.78, 5) is 0. The van der Waals surface area contributed by atoms with Gasteiger partial charge in [0.2, 0.25) is 0 Å². The van der Waals surface area contributed by atoms with Crippen molar-refractivity contribution in [2.75, 3.05) is 6.61 Å². The fraction of sp³-hybridized carbons (Fsp3) is 1.00. The molecule has 0 amide bonds. The van der Waals surface area contributed by atoms with Crippen LogP contribution in [0, 0.1) is 220 Å². The smallest absolute Gasteiger partial charge is 0.141 e. The number of aliphatic hydroxyl groups is 4. The van der Waals surface area contributed by atoms with Crippen LogP contribution in [0.2, 0.25) is 0 Å². The predicted octanol–water partition coefficient (Wildman–Crippen LogP) is -2.16. The summed E-state index contributed by atoms with van der Waals surface area (Å²) in [5, 5.41) is 35.9. The molecule has 5 atom stereocenters. The van der Waals surface area contributed by atoms with E-state index < -0.39 is 37.3 Å². The molecule has 0 saturated carbocycles. The number of aliphatic hydroxyl groups excluding tert-OH is 4. The van der Waals surface area contributed by atoms with Crippen LogP contribution in [0.5, 0.6) is 0 Å². The van der Waals surface area contributed by atoms with Gasteiger partial charge in [0, 0.05) is 220 Å². The Morgan fingerprint density at radius 3 is 1.65 bits per heavy atom. The third-order valence-corrected chi connectivity index (χ3v) is 1.90. The molecule has 11 heteroatoms. The third kappa shape index (κ3) is 12.0. The van der Waals surface area contributed by atoms with Crippen LogP contribution in [0.1, 0.15) is 0 Å². The van der Waals surface area contributed by atoms with Gasteiger partial charge in [-0.3, -0.25) is 0 Å². The van der Waals surface area contributed by atoms with Crippen molar-refractivity contribution in [2.24, 2.45) is 0 Å². The Kier molecular flexibility index (Phi) is 39.9. The van der Waals surface area contributed by atoms with Crippen molar-refractivity contribution >= 4 is 0 Å². The maximum Gasteiger partial charge on any atom is 0.141 e. The van der Waals surface area contributed by atoms with E-state index in [0.29, 0.717) is 0 Å². The van der Waals surface area contributed by atoms with Crippen LogP contribution >= 0.6 is 0 Å². The number of hydrogen-bond acceptors (Lipinski definition) is 5. The van der Waals surface area contributed by atoms with Crippen LogP contribution in [0.3, 0.4) is 0 Å². The second-order valence-electron chi connectivity index (χ2n) is 2.75. The fourth-order valence-electron chi connectivity index (χ4n) is 1.10. The topological polar surface area (TPSA) is 114 Å². The van der Waals surface area contributed by atoms with E-state index in [0.717, 1.165) is 0 Å². The van der Waals surface area contributed by atoms with Gasteiger partial charge in [-0.2, -0.15) is 0 Å². The van der Waals surface area contributed by atoms with Crippen molar-refractivity contribution in [1.29, 1.82) is 0 Å². The summed E-state index contributed by atoms with van der Waals surface area (Å²) >= 11 is 0. The van der Waals surface area contributed by atoms with Gasteiger partial charge in [-0.05, 0) is 0 Å². The Hall–Kier alpha value is 6.97. The minimum Gasteiger partial charge on any atom is -0.668 e. The van der Waals surface area contributed by atoms with Gasteiger partial charge in [-0.1, -0.05) is 6.04 Å². The van der Waals surface area contributed by atoms with E-state index in [1.165, 1.54) is 0 Å². The first-order valence-corrected chi connectivity index (χ1v) is 3.59. The van der Waals surface area contributed by atoms with Gasteiger partial charge in [0.05, 0.1) is 12.7 Å². The molecule has 5 N–H and O–H groups in total. The quantitative estimate of drug-likeness (QED) is 0.240. The van der Waals surface area contributed by atoms with E-state index in [-0.39, 0.29) is 220 Å². The standard InChI is InChI=1S/C6H12NO5.5Ac/c7-3-5(10)4(9)2(1-8)12-6(3)11;;;;;/h2-11H,1H2;;;;;/q-1;;;;;. The second kappa shape index (κ2) is 19.3. The largest absolute Gasteiger partial charge is 0.668 e. The van der Waals surface area contributed by atoms with Gasteiger partial charge in [-0.25, -0.2) is 0 Å². The van der Waals surface area contributed by atoms with Gasteiger partial charge in [0.25, 0.3) is 0 Å². The van der Waals surface area contributed by atoms with Crippen LogP contribution in [0.4, 0.5) is 0 Å². The molecule has 1 heterocycles. The molecule has 5 radical (unpaired) electrons. The minimum atomic E-state index is -1.46. The zero-order valence-corrected chi connectivity index (χ0v) is 32.9.